The van der Waals surface area contributed by atoms with Crippen molar-refractivity contribution in [3.05, 3.63) is 52.0 Å². The van der Waals surface area contributed by atoms with Gasteiger partial charge in [0, 0.05) is 11.0 Å². The van der Waals surface area contributed by atoms with E-state index in [1.54, 1.807) is 30.3 Å². The third kappa shape index (κ3) is 5.44. The van der Waals surface area contributed by atoms with Crippen molar-refractivity contribution in [1.29, 1.82) is 0 Å². The molecule has 0 aliphatic carbocycles. The maximum Gasteiger partial charge on any atom is 0.245 e. The molecule has 2 rings (SSSR count). The second-order valence-corrected chi connectivity index (χ2v) is 8.89. The smallest absolute Gasteiger partial charge is 0.245 e. The van der Waals surface area contributed by atoms with Gasteiger partial charge in [-0.3, -0.25) is 4.79 Å². The molecule has 0 saturated heterocycles. The van der Waals surface area contributed by atoms with E-state index in [-0.39, 0.29) is 23.0 Å². The lowest BCUT2D eigenvalue weighted by atomic mass is 10.3. The molecule has 0 heterocycles. The zero-order chi connectivity index (χ0) is 20.0. The molecule has 6 nitrogen and oxygen atoms in total. The Hall–Kier alpha value is -1.61. The van der Waals surface area contributed by atoms with Gasteiger partial charge in [-0.05, 0) is 36.8 Å². The van der Waals surface area contributed by atoms with Crippen LogP contribution in [0.4, 0.5) is 5.69 Å². The van der Waals surface area contributed by atoms with Gasteiger partial charge >= 0.3 is 0 Å². The maximum absolute atomic E-state index is 13.0. The van der Waals surface area contributed by atoms with Crippen LogP contribution in [0.15, 0.2) is 51.8 Å². The molecule has 0 unspecified atom stereocenters. The molecule has 146 valence electrons. The number of ether oxygens (including phenoxy) is 1. The number of nitrogens with one attached hydrogen (secondary N) is 1. The van der Waals surface area contributed by atoms with Crippen molar-refractivity contribution in [2.24, 2.45) is 0 Å². The molecule has 9 heteroatoms. The third-order valence-corrected chi connectivity index (χ3v) is 6.51. The fourth-order valence-electron chi connectivity index (χ4n) is 2.45. The molecule has 0 aliphatic heterocycles. The SMILES string of the molecule is CCCN(CC(=O)Nc1ccccc1OC)S(=O)(=O)c1ccc(Br)cc1Cl. The molecule has 1 amide bonds. The first kappa shape index (κ1) is 21.7. The number of methoxy groups -OCH3 is 1. The van der Waals surface area contributed by atoms with Gasteiger partial charge in [0.15, 0.2) is 0 Å². The van der Waals surface area contributed by atoms with E-state index in [0.717, 1.165) is 4.31 Å². The van der Waals surface area contributed by atoms with Crippen LogP contribution < -0.4 is 10.1 Å². The fraction of sp³-hybridized carbons (Fsp3) is 0.278. The van der Waals surface area contributed by atoms with Gasteiger partial charge in [-0.15, -0.1) is 0 Å². The van der Waals surface area contributed by atoms with E-state index in [4.69, 9.17) is 16.3 Å². The van der Waals surface area contributed by atoms with Crippen molar-refractivity contribution in [1.82, 2.24) is 4.31 Å². The summed E-state index contributed by atoms with van der Waals surface area (Å²) in [6, 6.07) is 11.4. The van der Waals surface area contributed by atoms with Crippen molar-refractivity contribution >= 4 is 49.1 Å². The monoisotopic (exact) mass is 474 g/mol. The Bertz CT molecular complexity index is 921. The zero-order valence-corrected chi connectivity index (χ0v) is 18.1. The number of carbonyl (C=O) groups is 1. The molecule has 0 spiro atoms. The molecule has 2 aromatic rings. The molecule has 0 radical (unpaired) electrons. The Morgan fingerprint density at radius 1 is 1.26 bits per heavy atom. The lowest BCUT2D eigenvalue weighted by molar-refractivity contribution is -0.116. The first-order chi connectivity index (χ1) is 12.8. The topological polar surface area (TPSA) is 75.7 Å². The number of amides is 1. The standard InChI is InChI=1S/C18H20BrClN2O4S/c1-3-10-22(27(24,25)17-9-8-13(19)11-14(17)20)12-18(23)21-15-6-4-5-7-16(15)26-2/h4-9,11H,3,10,12H2,1-2H3,(H,21,23). The number of rotatable bonds is 8. The Balaban J connectivity index is 2.24. The highest BCUT2D eigenvalue weighted by molar-refractivity contribution is 9.10. The van der Waals surface area contributed by atoms with Crippen LogP contribution in [0.5, 0.6) is 5.75 Å². The number of para-hydroxylation sites is 2. The minimum absolute atomic E-state index is 0.0362. The molecule has 1 N–H and O–H groups in total. The van der Waals surface area contributed by atoms with Gasteiger partial charge in [0.05, 0.1) is 24.4 Å². The van der Waals surface area contributed by atoms with Gasteiger partial charge in [-0.2, -0.15) is 4.31 Å². The first-order valence-electron chi connectivity index (χ1n) is 8.17. The number of sulfonamides is 1. The van der Waals surface area contributed by atoms with Gasteiger partial charge in [0.25, 0.3) is 0 Å². The van der Waals surface area contributed by atoms with Crippen LogP contribution in [0.1, 0.15) is 13.3 Å². The predicted octanol–water partition coefficient (Wildman–Crippen LogP) is 4.15. The van der Waals surface area contributed by atoms with Gasteiger partial charge in [-0.25, -0.2) is 8.42 Å². The van der Waals surface area contributed by atoms with Gasteiger partial charge in [-0.1, -0.05) is 46.6 Å². The highest BCUT2D eigenvalue weighted by Gasteiger charge is 2.28. The lowest BCUT2D eigenvalue weighted by Crippen LogP contribution is -2.38. The summed E-state index contributed by atoms with van der Waals surface area (Å²) in [5.41, 5.74) is 0.473. The first-order valence-corrected chi connectivity index (χ1v) is 10.8. The van der Waals surface area contributed by atoms with E-state index in [9.17, 15) is 13.2 Å². The molecule has 0 bridgehead atoms. The number of hydrogen-bond acceptors (Lipinski definition) is 4. The van der Waals surface area contributed by atoms with Crippen LogP contribution in [0, 0.1) is 0 Å². The Kier molecular flexibility index (Phi) is 7.67. The average molecular weight is 476 g/mol. The van der Waals surface area contributed by atoms with Crippen LogP contribution in [-0.2, 0) is 14.8 Å². The Labute approximate surface area is 172 Å². The summed E-state index contributed by atoms with van der Waals surface area (Å²) in [5.74, 6) is 0.0245. The summed E-state index contributed by atoms with van der Waals surface area (Å²) in [6.45, 7) is 1.69. The molecule has 0 fully saturated rings. The van der Waals surface area contributed by atoms with Crippen LogP contribution in [-0.4, -0.2) is 38.8 Å². The minimum atomic E-state index is -3.93. The van der Waals surface area contributed by atoms with E-state index < -0.39 is 15.9 Å². The maximum atomic E-state index is 13.0. The van der Waals surface area contributed by atoms with Crippen molar-refractivity contribution < 1.29 is 17.9 Å². The molecule has 27 heavy (non-hydrogen) atoms. The third-order valence-electron chi connectivity index (χ3n) is 3.69. The Morgan fingerprint density at radius 3 is 2.59 bits per heavy atom. The van der Waals surface area contributed by atoms with E-state index >= 15 is 0 Å². The van der Waals surface area contributed by atoms with Gasteiger partial charge < -0.3 is 10.1 Å². The van der Waals surface area contributed by atoms with Gasteiger partial charge in [0.2, 0.25) is 15.9 Å². The van der Waals surface area contributed by atoms with Crippen LogP contribution in [0.25, 0.3) is 0 Å². The van der Waals surface area contributed by atoms with Crippen molar-refractivity contribution in [2.75, 3.05) is 25.5 Å². The lowest BCUT2D eigenvalue weighted by Gasteiger charge is -2.22. The number of nitrogens with zero attached hydrogens (tertiary/aromatic N) is 1. The summed E-state index contributed by atoms with van der Waals surface area (Å²) in [7, 11) is -2.43. The van der Waals surface area contributed by atoms with E-state index in [1.807, 2.05) is 6.92 Å². The number of benzene rings is 2. The van der Waals surface area contributed by atoms with E-state index in [2.05, 4.69) is 21.2 Å². The second-order valence-electron chi connectivity index (χ2n) is 5.66. The number of halogens is 2. The summed E-state index contributed by atoms with van der Waals surface area (Å²) >= 11 is 9.36. The predicted molar refractivity (Wildman–Crippen MR) is 110 cm³/mol. The highest BCUT2D eigenvalue weighted by atomic mass is 79.9. The molecular weight excluding hydrogens is 456 g/mol. The average Bonchev–Trinajstić information content (AvgIpc) is 2.61. The normalized spacial score (nSPS) is 11.4. The highest BCUT2D eigenvalue weighted by Crippen LogP contribution is 2.28. The van der Waals surface area contributed by atoms with Crippen molar-refractivity contribution in [3.63, 3.8) is 0 Å². The largest absolute Gasteiger partial charge is 0.495 e. The number of hydrogen-bond donors (Lipinski definition) is 1. The molecule has 0 aliphatic rings. The fourth-order valence-corrected chi connectivity index (χ4v) is 4.95. The van der Waals surface area contributed by atoms with Crippen LogP contribution in [0.2, 0.25) is 5.02 Å². The molecule has 0 saturated carbocycles. The number of carbonyl (C=O) groups excluding carboxylic acids is 1. The minimum Gasteiger partial charge on any atom is -0.495 e. The van der Waals surface area contributed by atoms with E-state index in [1.165, 1.54) is 19.2 Å². The molecule has 0 aromatic heterocycles. The molecule has 0 atom stereocenters. The van der Waals surface area contributed by atoms with Crippen molar-refractivity contribution in [3.8, 4) is 5.75 Å². The quantitative estimate of drug-likeness (QED) is 0.622. The van der Waals surface area contributed by atoms with Crippen LogP contribution in [0.3, 0.4) is 0 Å². The summed E-state index contributed by atoms with van der Waals surface area (Å²) in [4.78, 5) is 12.4. The molecular formula is C18H20BrClN2O4S. The van der Waals surface area contributed by atoms with E-state index in [0.29, 0.717) is 22.3 Å². The van der Waals surface area contributed by atoms with Crippen molar-refractivity contribution in [2.45, 2.75) is 18.2 Å². The Morgan fingerprint density at radius 2 is 1.96 bits per heavy atom. The van der Waals surface area contributed by atoms with Gasteiger partial charge in [0.1, 0.15) is 10.6 Å². The second kappa shape index (κ2) is 9.54. The summed E-state index contributed by atoms with van der Waals surface area (Å²) in [5, 5.41) is 2.78. The summed E-state index contributed by atoms with van der Waals surface area (Å²) < 4.78 is 33.0. The summed E-state index contributed by atoms with van der Waals surface area (Å²) in [6.07, 6.45) is 0.551. The van der Waals surface area contributed by atoms with Crippen LogP contribution >= 0.6 is 27.5 Å². The molecule has 2 aromatic carbocycles. The zero-order valence-electron chi connectivity index (χ0n) is 14.9. The number of anilines is 1.